The van der Waals surface area contributed by atoms with E-state index in [2.05, 4.69) is 69.5 Å². The van der Waals surface area contributed by atoms with Gasteiger partial charge in [0.1, 0.15) is 0 Å². The Hall–Kier alpha value is -3.05. The molecule has 0 aliphatic carbocycles. The summed E-state index contributed by atoms with van der Waals surface area (Å²) in [6.45, 7) is 10.6. The van der Waals surface area contributed by atoms with Gasteiger partial charge in [-0.3, -0.25) is 0 Å². The van der Waals surface area contributed by atoms with Gasteiger partial charge in [0.2, 0.25) is 0 Å². The van der Waals surface area contributed by atoms with Crippen LogP contribution in [0.2, 0.25) is 0 Å². The van der Waals surface area contributed by atoms with Crippen molar-refractivity contribution in [3.8, 4) is 11.8 Å². The zero-order valence-electron chi connectivity index (χ0n) is 16.1. The van der Waals surface area contributed by atoms with Crippen molar-refractivity contribution in [3.05, 3.63) is 87.7 Å². The smallest absolute Gasteiger partial charge is 0.0998 e. The molecule has 2 heteroatoms. The van der Waals surface area contributed by atoms with Crippen molar-refractivity contribution in [3.63, 3.8) is 0 Å². The molecule has 0 bridgehead atoms. The van der Waals surface area contributed by atoms with Gasteiger partial charge in [-0.15, -0.1) is 0 Å². The van der Waals surface area contributed by atoms with Crippen molar-refractivity contribution in [2.45, 2.75) is 34.6 Å². The Morgan fingerprint density at radius 1 is 0.923 bits per heavy atom. The summed E-state index contributed by atoms with van der Waals surface area (Å²) in [6, 6.07) is 19.0. The molecule has 0 saturated carbocycles. The van der Waals surface area contributed by atoms with Gasteiger partial charge >= 0.3 is 0 Å². The molecule has 0 spiro atoms. The fourth-order valence-electron chi connectivity index (χ4n) is 3.50. The average Bonchev–Trinajstić information content (AvgIpc) is 2.88. The van der Waals surface area contributed by atoms with Gasteiger partial charge in [-0.05, 0) is 69.0 Å². The zero-order valence-corrected chi connectivity index (χ0v) is 16.1. The number of hydrogen-bond acceptors (Lipinski definition) is 1. The van der Waals surface area contributed by atoms with Crippen LogP contribution < -0.4 is 0 Å². The Balaban J connectivity index is 2.14. The maximum absolute atomic E-state index is 9.66. The SMILES string of the molecule is Cc1ccc(/C(C#N)=C\c2cc(C)n(-c3c(C)cccc3C)c2C)cc1. The zero-order chi connectivity index (χ0) is 18.8. The molecule has 1 heterocycles. The maximum atomic E-state index is 9.66. The standard InChI is InChI=1S/C24H24N2/c1-16-9-11-21(12-10-16)23(15-25)14-22-13-19(4)26(20(22)5)24-17(2)7-6-8-18(24)3/h6-14H,1-5H3/b23-14-. The van der Waals surface area contributed by atoms with E-state index in [1.165, 1.54) is 28.1 Å². The normalized spacial score (nSPS) is 11.5. The number of benzene rings is 2. The van der Waals surface area contributed by atoms with Gasteiger partial charge in [0.05, 0.1) is 17.3 Å². The molecular weight excluding hydrogens is 316 g/mol. The molecule has 130 valence electrons. The van der Waals surface area contributed by atoms with E-state index in [1.54, 1.807) is 0 Å². The lowest BCUT2D eigenvalue weighted by atomic mass is 10.0. The van der Waals surface area contributed by atoms with Crippen molar-refractivity contribution in [2.75, 3.05) is 0 Å². The quantitative estimate of drug-likeness (QED) is 0.531. The van der Waals surface area contributed by atoms with E-state index in [0.717, 1.165) is 16.8 Å². The van der Waals surface area contributed by atoms with Gasteiger partial charge in [-0.1, -0.05) is 48.0 Å². The van der Waals surface area contributed by atoms with E-state index < -0.39 is 0 Å². The Bertz CT molecular complexity index is 1010. The first-order valence-electron chi connectivity index (χ1n) is 8.86. The third-order valence-corrected chi connectivity index (χ3v) is 4.92. The van der Waals surface area contributed by atoms with Crippen molar-refractivity contribution in [1.82, 2.24) is 4.57 Å². The second kappa shape index (κ2) is 7.06. The Morgan fingerprint density at radius 2 is 1.54 bits per heavy atom. The van der Waals surface area contributed by atoms with E-state index in [-0.39, 0.29) is 0 Å². The van der Waals surface area contributed by atoms with Crippen molar-refractivity contribution in [1.29, 1.82) is 5.26 Å². The molecule has 3 rings (SSSR count). The third-order valence-electron chi connectivity index (χ3n) is 4.92. The fraction of sp³-hybridized carbons (Fsp3) is 0.208. The Labute approximate surface area is 156 Å². The highest BCUT2D eigenvalue weighted by molar-refractivity contribution is 5.90. The van der Waals surface area contributed by atoms with E-state index in [0.29, 0.717) is 5.57 Å². The first kappa shape index (κ1) is 17.8. The highest BCUT2D eigenvalue weighted by Gasteiger charge is 2.14. The summed E-state index contributed by atoms with van der Waals surface area (Å²) in [7, 11) is 0. The number of para-hydroxylation sites is 1. The van der Waals surface area contributed by atoms with Crippen LogP contribution in [-0.4, -0.2) is 4.57 Å². The van der Waals surface area contributed by atoms with Crippen molar-refractivity contribution in [2.24, 2.45) is 0 Å². The van der Waals surface area contributed by atoms with Gasteiger partial charge in [-0.25, -0.2) is 0 Å². The number of rotatable bonds is 3. The molecule has 2 nitrogen and oxygen atoms in total. The second-order valence-electron chi connectivity index (χ2n) is 6.94. The van der Waals surface area contributed by atoms with Gasteiger partial charge < -0.3 is 4.57 Å². The summed E-state index contributed by atoms with van der Waals surface area (Å²) in [6.07, 6.45) is 2.00. The van der Waals surface area contributed by atoms with Crippen LogP contribution >= 0.6 is 0 Å². The molecule has 0 saturated heterocycles. The van der Waals surface area contributed by atoms with Crippen LogP contribution in [0.4, 0.5) is 0 Å². The topological polar surface area (TPSA) is 28.7 Å². The third kappa shape index (κ3) is 3.21. The predicted molar refractivity (Wildman–Crippen MR) is 109 cm³/mol. The van der Waals surface area contributed by atoms with Crippen LogP contribution in [0.15, 0.2) is 48.5 Å². The molecule has 0 aliphatic heterocycles. The molecule has 0 amide bonds. The van der Waals surface area contributed by atoms with E-state index in [4.69, 9.17) is 0 Å². The maximum Gasteiger partial charge on any atom is 0.0998 e. The molecule has 0 unspecified atom stereocenters. The van der Waals surface area contributed by atoms with Gasteiger partial charge in [-0.2, -0.15) is 5.26 Å². The summed E-state index contributed by atoms with van der Waals surface area (Å²) < 4.78 is 2.29. The molecule has 0 fully saturated rings. The van der Waals surface area contributed by atoms with Crippen LogP contribution in [0.3, 0.4) is 0 Å². The number of allylic oxidation sites excluding steroid dienone is 1. The van der Waals surface area contributed by atoms with Crippen LogP contribution in [0.1, 0.15) is 39.2 Å². The minimum absolute atomic E-state index is 0.687. The van der Waals surface area contributed by atoms with Gasteiger partial charge in [0.25, 0.3) is 0 Å². The number of nitrogens with zero attached hydrogens (tertiary/aromatic N) is 2. The Morgan fingerprint density at radius 3 is 2.12 bits per heavy atom. The van der Waals surface area contributed by atoms with Crippen LogP contribution in [0.5, 0.6) is 0 Å². The lowest BCUT2D eigenvalue weighted by Crippen LogP contribution is -2.03. The summed E-state index contributed by atoms with van der Waals surface area (Å²) in [5.74, 6) is 0. The largest absolute Gasteiger partial charge is 0.317 e. The van der Waals surface area contributed by atoms with E-state index in [1.807, 2.05) is 30.3 Å². The second-order valence-corrected chi connectivity index (χ2v) is 6.94. The first-order chi connectivity index (χ1) is 12.4. The molecule has 0 radical (unpaired) electrons. The Kier molecular flexibility index (Phi) is 4.82. The monoisotopic (exact) mass is 340 g/mol. The minimum atomic E-state index is 0.687. The summed E-state index contributed by atoms with van der Waals surface area (Å²) in [5, 5.41) is 9.66. The summed E-state index contributed by atoms with van der Waals surface area (Å²) >= 11 is 0. The summed E-state index contributed by atoms with van der Waals surface area (Å²) in [5.41, 5.74) is 9.98. The van der Waals surface area contributed by atoms with E-state index >= 15 is 0 Å². The van der Waals surface area contributed by atoms with Gasteiger partial charge in [0.15, 0.2) is 0 Å². The molecule has 3 aromatic rings. The van der Waals surface area contributed by atoms with Crippen LogP contribution in [-0.2, 0) is 0 Å². The molecule has 26 heavy (non-hydrogen) atoms. The molecule has 1 aromatic heterocycles. The minimum Gasteiger partial charge on any atom is -0.317 e. The lowest BCUT2D eigenvalue weighted by molar-refractivity contribution is 0.943. The first-order valence-corrected chi connectivity index (χ1v) is 8.86. The van der Waals surface area contributed by atoms with Crippen LogP contribution in [0.25, 0.3) is 17.3 Å². The number of hydrogen-bond donors (Lipinski definition) is 0. The fourth-order valence-corrected chi connectivity index (χ4v) is 3.50. The van der Waals surface area contributed by atoms with Crippen molar-refractivity contribution < 1.29 is 0 Å². The highest BCUT2D eigenvalue weighted by Crippen LogP contribution is 2.28. The predicted octanol–water partition coefficient (Wildman–Crippen LogP) is 6.08. The lowest BCUT2D eigenvalue weighted by Gasteiger charge is -2.15. The molecule has 0 atom stereocenters. The highest BCUT2D eigenvalue weighted by atomic mass is 15.0. The number of aromatic nitrogens is 1. The molecule has 2 aromatic carbocycles. The number of aryl methyl sites for hydroxylation is 4. The molecule has 0 aliphatic rings. The average molecular weight is 340 g/mol. The summed E-state index contributed by atoms with van der Waals surface area (Å²) in [4.78, 5) is 0. The van der Waals surface area contributed by atoms with Crippen LogP contribution in [0, 0.1) is 45.9 Å². The molecule has 0 N–H and O–H groups in total. The van der Waals surface area contributed by atoms with Gasteiger partial charge in [0, 0.05) is 11.4 Å². The number of nitriles is 1. The van der Waals surface area contributed by atoms with Crippen molar-refractivity contribution >= 4 is 11.6 Å². The molecular formula is C24H24N2. The van der Waals surface area contributed by atoms with E-state index in [9.17, 15) is 5.26 Å².